The number of nitrogens with one attached hydrogen (secondary N) is 2. The molecule has 0 saturated heterocycles. The molecule has 8 heteroatoms. The van der Waals surface area contributed by atoms with Crippen LogP contribution in [0.25, 0.3) is 0 Å². The number of anilines is 1. The number of hydrogen-bond donors (Lipinski definition) is 2. The average molecular weight is 374 g/mol. The second-order valence-corrected chi connectivity index (χ2v) is 6.47. The SMILES string of the molecule is O=C(NCc1ccc2c(c1)OCO2)C1CC1C(=O)Nc1ccc(F)c(F)c1. The number of ether oxygens (including phenoxy) is 2. The Kier molecular flexibility index (Phi) is 4.39. The van der Waals surface area contributed by atoms with Gasteiger partial charge in [0, 0.05) is 18.3 Å². The van der Waals surface area contributed by atoms with Crippen LogP contribution in [0.2, 0.25) is 0 Å². The molecule has 4 rings (SSSR count). The molecule has 2 aliphatic rings. The van der Waals surface area contributed by atoms with E-state index in [0.29, 0.717) is 24.5 Å². The maximum atomic E-state index is 13.2. The van der Waals surface area contributed by atoms with Gasteiger partial charge in [-0.25, -0.2) is 8.78 Å². The third-order valence-corrected chi connectivity index (χ3v) is 4.55. The number of rotatable bonds is 5. The number of benzene rings is 2. The summed E-state index contributed by atoms with van der Waals surface area (Å²) in [7, 11) is 0. The van der Waals surface area contributed by atoms with Gasteiger partial charge in [0.05, 0.1) is 11.8 Å². The number of fused-ring (bicyclic) bond motifs is 1. The molecule has 140 valence electrons. The van der Waals surface area contributed by atoms with Gasteiger partial charge in [-0.05, 0) is 36.2 Å². The third-order valence-electron chi connectivity index (χ3n) is 4.55. The van der Waals surface area contributed by atoms with Crippen LogP contribution in [-0.4, -0.2) is 18.6 Å². The lowest BCUT2D eigenvalue weighted by Gasteiger charge is -2.07. The first-order chi connectivity index (χ1) is 13.0. The van der Waals surface area contributed by atoms with Gasteiger partial charge in [-0.1, -0.05) is 6.07 Å². The summed E-state index contributed by atoms with van der Waals surface area (Å²) in [5, 5.41) is 5.30. The van der Waals surface area contributed by atoms with Crippen LogP contribution >= 0.6 is 0 Å². The van der Waals surface area contributed by atoms with E-state index >= 15 is 0 Å². The first-order valence-corrected chi connectivity index (χ1v) is 8.43. The summed E-state index contributed by atoms with van der Waals surface area (Å²) < 4.78 is 36.6. The molecular formula is C19H16F2N2O4. The van der Waals surface area contributed by atoms with Crippen LogP contribution in [0.15, 0.2) is 36.4 Å². The normalized spacial score (nSPS) is 19.5. The van der Waals surface area contributed by atoms with E-state index < -0.39 is 23.5 Å². The van der Waals surface area contributed by atoms with Crippen LogP contribution in [0, 0.1) is 23.5 Å². The van der Waals surface area contributed by atoms with Gasteiger partial charge >= 0.3 is 0 Å². The van der Waals surface area contributed by atoms with E-state index in [1.807, 2.05) is 6.07 Å². The molecule has 2 atom stereocenters. The van der Waals surface area contributed by atoms with Crippen LogP contribution in [0.3, 0.4) is 0 Å². The largest absolute Gasteiger partial charge is 0.454 e. The molecule has 0 aromatic heterocycles. The summed E-state index contributed by atoms with van der Waals surface area (Å²) in [4.78, 5) is 24.4. The fourth-order valence-corrected chi connectivity index (χ4v) is 2.95. The van der Waals surface area contributed by atoms with Gasteiger partial charge in [0.1, 0.15) is 0 Å². The second-order valence-electron chi connectivity index (χ2n) is 6.47. The molecule has 2 amide bonds. The molecule has 1 aliphatic heterocycles. The number of amides is 2. The van der Waals surface area contributed by atoms with Crippen LogP contribution in [0.1, 0.15) is 12.0 Å². The molecule has 2 aromatic rings. The smallest absolute Gasteiger partial charge is 0.231 e. The van der Waals surface area contributed by atoms with E-state index in [9.17, 15) is 18.4 Å². The highest BCUT2D eigenvalue weighted by molar-refractivity contribution is 5.99. The van der Waals surface area contributed by atoms with E-state index in [4.69, 9.17) is 9.47 Å². The van der Waals surface area contributed by atoms with E-state index in [1.54, 1.807) is 12.1 Å². The predicted molar refractivity (Wildman–Crippen MR) is 91.0 cm³/mol. The molecule has 27 heavy (non-hydrogen) atoms. The Morgan fingerprint density at radius 2 is 1.74 bits per heavy atom. The van der Waals surface area contributed by atoms with E-state index in [2.05, 4.69) is 10.6 Å². The molecular weight excluding hydrogens is 358 g/mol. The standard InChI is InChI=1S/C19H16F2N2O4/c20-14-3-2-11(6-15(14)21)23-19(25)13-7-12(13)18(24)22-8-10-1-4-16-17(5-10)27-9-26-16/h1-6,12-13H,7-9H2,(H,22,24)(H,23,25). The first-order valence-electron chi connectivity index (χ1n) is 8.43. The minimum absolute atomic E-state index is 0.158. The quantitative estimate of drug-likeness (QED) is 0.844. The van der Waals surface area contributed by atoms with Crippen molar-refractivity contribution in [1.29, 1.82) is 0 Å². The first kappa shape index (κ1) is 17.3. The van der Waals surface area contributed by atoms with Gasteiger partial charge in [0.2, 0.25) is 18.6 Å². The lowest BCUT2D eigenvalue weighted by molar-refractivity contribution is -0.125. The molecule has 2 unspecified atom stereocenters. The minimum atomic E-state index is -1.04. The van der Waals surface area contributed by atoms with Crippen molar-refractivity contribution < 1.29 is 27.8 Å². The van der Waals surface area contributed by atoms with Crippen LogP contribution < -0.4 is 20.1 Å². The van der Waals surface area contributed by atoms with Gasteiger partial charge in [-0.3, -0.25) is 9.59 Å². The molecule has 6 nitrogen and oxygen atoms in total. The summed E-state index contributed by atoms with van der Waals surface area (Å²) in [6.45, 7) is 0.492. The van der Waals surface area contributed by atoms with Gasteiger partial charge in [-0.15, -0.1) is 0 Å². The lowest BCUT2D eigenvalue weighted by Crippen LogP contribution is -2.27. The van der Waals surface area contributed by atoms with Crippen molar-refractivity contribution in [3.8, 4) is 11.5 Å². The number of carbonyl (C=O) groups is 2. The van der Waals surface area contributed by atoms with Crippen molar-refractivity contribution in [2.45, 2.75) is 13.0 Å². The number of halogens is 2. The monoisotopic (exact) mass is 374 g/mol. The summed E-state index contributed by atoms with van der Waals surface area (Å²) in [6, 6.07) is 8.51. The van der Waals surface area contributed by atoms with Gasteiger partial charge < -0.3 is 20.1 Å². The fraction of sp³-hybridized carbons (Fsp3) is 0.263. The Bertz CT molecular complexity index is 919. The summed E-state index contributed by atoms with van der Waals surface area (Å²) in [5.74, 6) is -2.23. The minimum Gasteiger partial charge on any atom is -0.454 e. The molecule has 2 N–H and O–H groups in total. The Balaban J connectivity index is 1.28. The maximum absolute atomic E-state index is 13.2. The summed E-state index contributed by atoms with van der Waals surface area (Å²) in [5.41, 5.74) is 1.02. The van der Waals surface area contributed by atoms with Gasteiger partial charge in [-0.2, -0.15) is 0 Å². The molecule has 0 spiro atoms. The Morgan fingerprint density at radius 1 is 0.963 bits per heavy atom. The number of hydrogen-bond acceptors (Lipinski definition) is 4. The molecule has 1 saturated carbocycles. The van der Waals surface area contributed by atoms with Crippen LogP contribution in [-0.2, 0) is 16.1 Å². The topological polar surface area (TPSA) is 76.7 Å². The summed E-state index contributed by atoms with van der Waals surface area (Å²) in [6.07, 6.45) is 0.419. The van der Waals surface area contributed by atoms with Crippen molar-refractivity contribution >= 4 is 17.5 Å². The van der Waals surface area contributed by atoms with Crippen LogP contribution in [0.5, 0.6) is 11.5 Å². The fourth-order valence-electron chi connectivity index (χ4n) is 2.95. The molecule has 2 aromatic carbocycles. The molecule has 1 aliphatic carbocycles. The number of carbonyl (C=O) groups excluding carboxylic acids is 2. The zero-order chi connectivity index (χ0) is 19.0. The van der Waals surface area contributed by atoms with Crippen molar-refractivity contribution in [1.82, 2.24) is 5.32 Å². The lowest BCUT2D eigenvalue weighted by atomic mass is 10.2. The van der Waals surface area contributed by atoms with Crippen molar-refractivity contribution in [3.63, 3.8) is 0 Å². The highest BCUT2D eigenvalue weighted by Gasteiger charge is 2.47. The van der Waals surface area contributed by atoms with Crippen LogP contribution in [0.4, 0.5) is 14.5 Å². The Hall–Kier alpha value is -3.16. The van der Waals surface area contributed by atoms with Crippen molar-refractivity contribution in [2.24, 2.45) is 11.8 Å². The zero-order valence-electron chi connectivity index (χ0n) is 14.1. The highest BCUT2D eigenvalue weighted by Crippen LogP contribution is 2.39. The second kappa shape index (κ2) is 6.86. The molecule has 1 heterocycles. The van der Waals surface area contributed by atoms with Crippen molar-refractivity contribution in [2.75, 3.05) is 12.1 Å². The predicted octanol–water partition coefficient (Wildman–Crippen LogP) is 2.58. The Labute approximate surface area is 153 Å². The van der Waals surface area contributed by atoms with Gasteiger partial charge in [0.25, 0.3) is 0 Å². The molecule has 1 fully saturated rings. The molecule has 0 bridgehead atoms. The average Bonchev–Trinajstić information content (AvgIpc) is 3.33. The van der Waals surface area contributed by atoms with E-state index in [-0.39, 0.29) is 24.3 Å². The van der Waals surface area contributed by atoms with E-state index in [1.165, 1.54) is 6.07 Å². The maximum Gasteiger partial charge on any atom is 0.231 e. The summed E-state index contributed by atoms with van der Waals surface area (Å²) >= 11 is 0. The highest BCUT2D eigenvalue weighted by atomic mass is 19.2. The molecule has 0 radical (unpaired) electrons. The van der Waals surface area contributed by atoms with E-state index in [0.717, 1.165) is 17.7 Å². The Morgan fingerprint density at radius 3 is 2.56 bits per heavy atom. The van der Waals surface area contributed by atoms with Gasteiger partial charge in [0.15, 0.2) is 23.1 Å². The van der Waals surface area contributed by atoms with Crippen molar-refractivity contribution in [3.05, 3.63) is 53.6 Å². The zero-order valence-corrected chi connectivity index (χ0v) is 14.1. The third kappa shape index (κ3) is 3.69.